The lowest BCUT2D eigenvalue weighted by Gasteiger charge is -2.09. The maximum absolute atomic E-state index is 13.7. The zero-order chi connectivity index (χ0) is 17.6. The number of benzene rings is 2. The van der Waals surface area contributed by atoms with Gasteiger partial charge in [0.1, 0.15) is 11.6 Å². The van der Waals surface area contributed by atoms with Crippen LogP contribution in [0.5, 0.6) is 5.75 Å². The van der Waals surface area contributed by atoms with E-state index >= 15 is 0 Å². The molecule has 0 amide bonds. The lowest BCUT2D eigenvalue weighted by atomic mass is 10.1. The molecule has 0 atom stereocenters. The van der Waals surface area contributed by atoms with Crippen molar-refractivity contribution in [2.24, 2.45) is 0 Å². The van der Waals surface area contributed by atoms with Crippen molar-refractivity contribution in [3.8, 4) is 5.75 Å². The van der Waals surface area contributed by atoms with Crippen LogP contribution in [0.4, 0.5) is 4.39 Å². The van der Waals surface area contributed by atoms with Crippen LogP contribution in [0.3, 0.4) is 0 Å². The van der Waals surface area contributed by atoms with Crippen molar-refractivity contribution in [2.45, 2.75) is 18.6 Å². The molecule has 0 radical (unpaired) electrons. The summed E-state index contributed by atoms with van der Waals surface area (Å²) in [5.74, 6) is -0.312. The van der Waals surface area contributed by atoms with Crippen LogP contribution >= 0.6 is 11.6 Å². The molecule has 0 heterocycles. The standard InChI is InChI=1S/C17H19ClFNO3S/c1-23-14-9-7-13(8-10-14)4-3-11-20-24(21,22)12-15-16(18)5-2-6-17(15)19/h2,5-10,20H,3-4,11-12H2,1H3. The molecule has 0 aromatic heterocycles. The van der Waals surface area contributed by atoms with Crippen molar-refractivity contribution >= 4 is 21.6 Å². The minimum atomic E-state index is -3.64. The molecular weight excluding hydrogens is 353 g/mol. The first-order valence-corrected chi connectivity index (χ1v) is 9.47. The molecule has 2 aromatic rings. The van der Waals surface area contributed by atoms with Crippen molar-refractivity contribution in [1.29, 1.82) is 0 Å². The molecule has 0 aliphatic rings. The fourth-order valence-electron chi connectivity index (χ4n) is 2.22. The van der Waals surface area contributed by atoms with Crippen LogP contribution in [0.2, 0.25) is 5.02 Å². The Morgan fingerprint density at radius 2 is 1.88 bits per heavy atom. The Morgan fingerprint density at radius 1 is 1.17 bits per heavy atom. The fraction of sp³-hybridized carbons (Fsp3) is 0.294. The minimum Gasteiger partial charge on any atom is -0.497 e. The maximum Gasteiger partial charge on any atom is 0.215 e. The SMILES string of the molecule is COc1ccc(CCCNS(=O)(=O)Cc2c(F)cccc2Cl)cc1. The van der Waals surface area contributed by atoms with E-state index in [1.807, 2.05) is 24.3 Å². The van der Waals surface area contributed by atoms with Crippen LogP contribution in [0, 0.1) is 5.82 Å². The van der Waals surface area contributed by atoms with Gasteiger partial charge in [0.2, 0.25) is 10.0 Å². The number of ether oxygens (including phenoxy) is 1. The smallest absolute Gasteiger partial charge is 0.215 e. The number of nitrogens with one attached hydrogen (secondary N) is 1. The summed E-state index contributed by atoms with van der Waals surface area (Å²) in [6, 6.07) is 11.7. The summed E-state index contributed by atoms with van der Waals surface area (Å²) in [6.07, 6.45) is 1.36. The Hall–Kier alpha value is -1.63. The first-order chi connectivity index (χ1) is 11.4. The summed E-state index contributed by atoms with van der Waals surface area (Å²) in [5.41, 5.74) is 1.08. The molecule has 0 fully saturated rings. The quantitative estimate of drug-likeness (QED) is 0.722. The van der Waals surface area contributed by atoms with Gasteiger partial charge in [-0.2, -0.15) is 0 Å². The highest BCUT2D eigenvalue weighted by Gasteiger charge is 2.16. The molecule has 0 bridgehead atoms. The monoisotopic (exact) mass is 371 g/mol. The molecular formula is C17H19ClFNO3S. The average Bonchev–Trinajstić information content (AvgIpc) is 2.56. The summed E-state index contributed by atoms with van der Waals surface area (Å²) in [7, 11) is -2.04. The Balaban J connectivity index is 1.84. The van der Waals surface area contributed by atoms with E-state index in [-0.39, 0.29) is 17.1 Å². The highest BCUT2D eigenvalue weighted by molar-refractivity contribution is 7.88. The van der Waals surface area contributed by atoms with Crippen LogP contribution < -0.4 is 9.46 Å². The minimum absolute atomic E-state index is 0.0122. The lowest BCUT2D eigenvalue weighted by Crippen LogP contribution is -2.27. The number of methoxy groups -OCH3 is 1. The normalized spacial score (nSPS) is 11.5. The van der Waals surface area contributed by atoms with Crippen LogP contribution in [0.15, 0.2) is 42.5 Å². The zero-order valence-corrected chi connectivity index (χ0v) is 14.8. The second-order valence-electron chi connectivity index (χ2n) is 5.31. The van der Waals surface area contributed by atoms with Crippen molar-refractivity contribution in [3.05, 3.63) is 64.4 Å². The Kier molecular flexibility index (Phi) is 6.60. The van der Waals surface area contributed by atoms with Crippen LogP contribution in [-0.4, -0.2) is 22.1 Å². The summed E-state index contributed by atoms with van der Waals surface area (Å²) >= 11 is 5.86. The van der Waals surface area contributed by atoms with E-state index in [1.54, 1.807) is 7.11 Å². The molecule has 2 rings (SSSR count). The number of aryl methyl sites for hydroxylation is 1. The Bertz CT molecular complexity index is 759. The van der Waals surface area contributed by atoms with Crippen LogP contribution in [0.1, 0.15) is 17.5 Å². The molecule has 4 nitrogen and oxygen atoms in total. The van der Waals surface area contributed by atoms with E-state index in [4.69, 9.17) is 16.3 Å². The maximum atomic E-state index is 13.7. The Morgan fingerprint density at radius 3 is 2.50 bits per heavy atom. The molecule has 0 saturated heterocycles. The van der Waals surface area contributed by atoms with Gasteiger partial charge in [0, 0.05) is 17.1 Å². The van der Waals surface area contributed by atoms with Gasteiger partial charge in [-0.1, -0.05) is 29.8 Å². The topological polar surface area (TPSA) is 55.4 Å². The lowest BCUT2D eigenvalue weighted by molar-refractivity contribution is 0.414. The van der Waals surface area contributed by atoms with Gasteiger partial charge in [0.15, 0.2) is 0 Å². The van der Waals surface area contributed by atoms with Gasteiger partial charge in [0.25, 0.3) is 0 Å². The van der Waals surface area contributed by atoms with Crippen molar-refractivity contribution < 1.29 is 17.5 Å². The van der Waals surface area contributed by atoms with E-state index in [0.29, 0.717) is 6.42 Å². The van der Waals surface area contributed by atoms with Crippen molar-refractivity contribution in [1.82, 2.24) is 4.72 Å². The van der Waals surface area contributed by atoms with E-state index in [2.05, 4.69) is 4.72 Å². The molecule has 7 heteroatoms. The molecule has 24 heavy (non-hydrogen) atoms. The fourth-order valence-corrected chi connectivity index (χ4v) is 3.76. The predicted octanol–water partition coefficient (Wildman–Crippen LogP) is 3.54. The van der Waals surface area contributed by atoms with E-state index in [0.717, 1.165) is 17.7 Å². The van der Waals surface area contributed by atoms with E-state index in [9.17, 15) is 12.8 Å². The molecule has 0 spiro atoms. The molecule has 0 aliphatic heterocycles. The van der Waals surface area contributed by atoms with Gasteiger partial charge in [-0.25, -0.2) is 17.5 Å². The highest BCUT2D eigenvalue weighted by Crippen LogP contribution is 2.21. The summed E-state index contributed by atoms with van der Waals surface area (Å²) in [4.78, 5) is 0. The molecule has 0 aliphatic carbocycles. The third kappa shape index (κ3) is 5.47. The summed E-state index contributed by atoms with van der Waals surface area (Å²) in [5, 5.41) is 0.110. The van der Waals surface area contributed by atoms with E-state index in [1.165, 1.54) is 18.2 Å². The van der Waals surface area contributed by atoms with Gasteiger partial charge in [-0.15, -0.1) is 0 Å². The zero-order valence-electron chi connectivity index (χ0n) is 13.3. The largest absolute Gasteiger partial charge is 0.497 e. The highest BCUT2D eigenvalue weighted by atomic mass is 35.5. The molecule has 1 N–H and O–H groups in total. The number of halogens is 2. The first-order valence-electron chi connectivity index (χ1n) is 7.44. The van der Waals surface area contributed by atoms with Crippen molar-refractivity contribution in [3.63, 3.8) is 0 Å². The van der Waals surface area contributed by atoms with E-state index < -0.39 is 21.6 Å². The number of hydrogen-bond donors (Lipinski definition) is 1. The third-order valence-electron chi connectivity index (χ3n) is 3.52. The second kappa shape index (κ2) is 8.46. The summed E-state index contributed by atoms with van der Waals surface area (Å²) < 4.78 is 45.3. The predicted molar refractivity (Wildman–Crippen MR) is 93.4 cm³/mol. The van der Waals surface area contributed by atoms with Crippen molar-refractivity contribution in [2.75, 3.05) is 13.7 Å². The van der Waals surface area contributed by atoms with Crippen LogP contribution in [0.25, 0.3) is 0 Å². The second-order valence-corrected chi connectivity index (χ2v) is 7.52. The van der Waals surface area contributed by atoms with Crippen LogP contribution in [-0.2, 0) is 22.2 Å². The average molecular weight is 372 g/mol. The molecule has 2 aromatic carbocycles. The Labute approximate surface area is 146 Å². The van der Waals surface area contributed by atoms with Gasteiger partial charge in [-0.05, 0) is 42.7 Å². The van der Waals surface area contributed by atoms with Gasteiger partial charge in [-0.3, -0.25) is 0 Å². The summed E-state index contributed by atoms with van der Waals surface area (Å²) in [6.45, 7) is 0.278. The third-order valence-corrected chi connectivity index (χ3v) is 5.19. The molecule has 0 unspecified atom stereocenters. The van der Waals surface area contributed by atoms with Gasteiger partial charge < -0.3 is 4.74 Å². The number of sulfonamides is 1. The van der Waals surface area contributed by atoms with Gasteiger partial charge >= 0.3 is 0 Å². The number of hydrogen-bond acceptors (Lipinski definition) is 3. The molecule has 130 valence electrons. The first kappa shape index (κ1) is 18.7. The molecule has 0 saturated carbocycles. The number of rotatable bonds is 8. The van der Waals surface area contributed by atoms with Gasteiger partial charge in [0.05, 0.1) is 12.9 Å².